The van der Waals surface area contributed by atoms with Gasteiger partial charge in [-0.05, 0) is 85.8 Å². The summed E-state index contributed by atoms with van der Waals surface area (Å²) in [5.41, 5.74) is 1.28. The van der Waals surface area contributed by atoms with Gasteiger partial charge < -0.3 is 33.7 Å². The summed E-state index contributed by atoms with van der Waals surface area (Å²) >= 11 is 0. The van der Waals surface area contributed by atoms with Crippen molar-refractivity contribution in [2.45, 2.75) is 91.0 Å². The Hall–Kier alpha value is -2.29. The van der Waals surface area contributed by atoms with Gasteiger partial charge in [0.15, 0.2) is 0 Å². The molecule has 0 aromatic heterocycles. The summed E-state index contributed by atoms with van der Waals surface area (Å²) in [4.78, 5) is 14.9. The maximum Gasteiger partial charge on any atom is 0.410 e. The van der Waals surface area contributed by atoms with Crippen molar-refractivity contribution in [1.82, 2.24) is 4.90 Å². The fraction of sp³-hybridized carbons (Fsp3) is 0.719. The van der Waals surface area contributed by atoms with Gasteiger partial charge in [0.05, 0.1) is 32.5 Å². The van der Waals surface area contributed by atoms with E-state index in [-0.39, 0.29) is 30.1 Å². The van der Waals surface area contributed by atoms with Gasteiger partial charge in [-0.1, -0.05) is 11.6 Å². The molecule has 2 saturated heterocycles. The Morgan fingerprint density at radius 2 is 2.02 bits per heavy atom. The third-order valence-electron chi connectivity index (χ3n) is 8.24. The van der Waals surface area contributed by atoms with Crippen LogP contribution in [0.15, 0.2) is 29.8 Å². The van der Waals surface area contributed by atoms with Crippen LogP contribution < -0.4 is 9.47 Å². The highest BCUT2D eigenvalue weighted by Gasteiger charge is 2.55. The van der Waals surface area contributed by atoms with Crippen LogP contribution in [0.1, 0.15) is 85.3 Å². The lowest BCUT2D eigenvalue weighted by molar-refractivity contribution is -0.180. The van der Waals surface area contributed by atoms with Crippen LogP contribution >= 0.6 is 0 Å². The molecular formula is C32H49NO7. The van der Waals surface area contributed by atoms with E-state index < -0.39 is 11.2 Å². The smallest absolute Gasteiger partial charge is 0.410 e. The van der Waals surface area contributed by atoms with Crippen LogP contribution in [0.5, 0.6) is 11.5 Å². The number of aliphatic hydroxyl groups excluding tert-OH is 1. The number of hydrogen-bond donors (Lipinski definition) is 1. The van der Waals surface area contributed by atoms with Gasteiger partial charge in [0.2, 0.25) is 0 Å². The molecule has 0 radical (unpaired) electrons. The van der Waals surface area contributed by atoms with Crippen molar-refractivity contribution >= 4 is 6.09 Å². The lowest BCUT2D eigenvalue weighted by Gasteiger charge is -2.55. The number of benzene rings is 1. The van der Waals surface area contributed by atoms with E-state index in [0.717, 1.165) is 55.7 Å². The van der Waals surface area contributed by atoms with Crippen molar-refractivity contribution in [3.63, 3.8) is 0 Å². The molecule has 0 bridgehead atoms. The average molecular weight is 560 g/mol. The molecule has 1 N–H and O–H groups in total. The predicted octanol–water partition coefficient (Wildman–Crippen LogP) is 6.07. The molecule has 3 aliphatic rings. The summed E-state index contributed by atoms with van der Waals surface area (Å²) in [6.45, 7) is 15.3. The number of rotatable bonds is 9. The minimum Gasteiger partial charge on any atom is -0.491 e. The highest BCUT2D eigenvalue weighted by Crippen LogP contribution is 2.56. The van der Waals surface area contributed by atoms with Crippen LogP contribution in [0.3, 0.4) is 0 Å². The number of hydrogen-bond acceptors (Lipinski definition) is 7. The maximum absolute atomic E-state index is 13.0. The van der Waals surface area contributed by atoms with E-state index in [1.807, 2.05) is 37.8 Å². The van der Waals surface area contributed by atoms with Gasteiger partial charge in [-0.15, -0.1) is 0 Å². The molecule has 1 aromatic rings. The molecule has 3 heterocycles. The number of piperidine rings is 1. The normalized spacial score (nSPS) is 27.8. The van der Waals surface area contributed by atoms with Crippen molar-refractivity contribution in [2.24, 2.45) is 11.3 Å². The third-order valence-corrected chi connectivity index (χ3v) is 8.24. The van der Waals surface area contributed by atoms with E-state index in [2.05, 4.69) is 32.9 Å². The van der Waals surface area contributed by atoms with Gasteiger partial charge in [0, 0.05) is 36.1 Å². The van der Waals surface area contributed by atoms with Crippen LogP contribution in [0.2, 0.25) is 0 Å². The van der Waals surface area contributed by atoms with Gasteiger partial charge in [0.1, 0.15) is 29.3 Å². The standard InChI is InChI=1S/C32H49NO7/c1-23(2)9-7-12-31(6)26-20-32(13-8-14-33(21-32)29(35)40-30(3,4)5)22-38-28(26)25-11-10-24(19-27(25)39-31)37-18-17-36-16-15-34/h9-11,19,26,28,34H,7-8,12-18,20-22H2,1-6H3/t26-,28+,31+,32-/m0/s1. The Morgan fingerprint density at radius 3 is 2.75 bits per heavy atom. The molecule has 1 amide bonds. The van der Waals surface area contributed by atoms with E-state index in [4.69, 9.17) is 28.8 Å². The molecule has 1 aromatic carbocycles. The second kappa shape index (κ2) is 12.7. The molecule has 40 heavy (non-hydrogen) atoms. The van der Waals surface area contributed by atoms with Crippen molar-refractivity contribution in [3.8, 4) is 11.5 Å². The molecule has 0 unspecified atom stereocenters. The Kier molecular flexibility index (Phi) is 9.74. The number of likely N-dealkylation sites (tertiary alicyclic amines) is 1. The van der Waals surface area contributed by atoms with Crippen LogP contribution in [0.4, 0.5) is 4.79 Å². The summed E-state index contributed by atoms with van der Waals surface area (Å²) in [6.07, 6.45) is 6.65. The molecule has 2 fully saturated rings. The van der Waals surface area contributed by atoms with Gasteiger partial charge in [0.25, 0.3) is 0 Å². The van der Waals surface area contributed by atoms with Gasteiger partial charge in [-0.25, -0.2) is 4.79 Å². The lowest BCUT2D eigenvalue weighted by Crippen LogP contribution is -2.57. The molecule has 4 atom stereocenters. The fourth-order valence-electron chi connectivity index (χ4n) is 6.36. The second-order valence-electron chi connectivity index (χ2n) is 13.2. The van der Waals surface area contributed by atoms with Crippen LogP contribution in [0, 0.1) is 11.3 Å². The monoisotopic (exact) mass is 559 g/mol. The largest absolute Gasteiger partial charge is 0.491 e. The molecule has 4 rings (SSSR count). The topological polar surface area (TPSA) is 86.7 Å². The zero-order valence-electron chi connectivity index (χ0n) is 25.3. The van der Waals surface area contributed by atoms with Crippen LogP contribution in [-0.2, 0) is 14.2 Å². The van der Waals surface area contributed by atoms with E-state index in [1.165, 1.54) is 5.57 Å². The SMILES string of the molecule is CC(C)=CCC[C@@]1(C)Oc2cc(OCCOCCO)ccc2[C@H]2OC[C@@]3(CCCN(C(=O)OC(C)(C)C)C3)C[C@@H]21. The summed E-state index contributed by atoms with van der Waals surface area (Å²) in [5, 5.41) is 8.89. The first-order valence-electron chi connectivity index (χ1n) is 14.8. The van der Waals surface area contributed by atoms with Crippen LogP contribution in [0.25, 0.3) is 0 Å². The Balaban J connectivity index is 1.55. The summed E-state index contributed by atoms with van der Waals surface area (Å²) < 4.78 is 30.6. The van der Waals surface area contributed by atoms with E-state index in [0.29, 0.717) is 33.0 Å². The van der Waals surface area contributed by atoms with Crippen LogP contribution in [-0.4, -0.2) is 73.4 Å². The maximum atomic E-state index is 13.0. The highest BCUT2D eigenvalue weighted by molar-refractivity contribution is 5.68. The first-order valence-corrected chi connectivity index (χ1v) is 14.8. The Labute approximate surface area is 239 Å². The number of fused-ring (bicyclic) bond motifs is 3. The number of ether oxygens (including phenoxy) is 5. The fourth-order valence-corrected chi connectivity index (χ4v) is 6.36. The number of amides is 1. The Morgan fingerprint density at radius 1 is 1.23 bits per heavy atom. The number of aliphatic hydroxyl groups is 1. The number of allylic oxidation sites excluding steroid dienone is 2. The van der Waals surface area contributed by atoms with Crippen molar-refractivity contribution in [2.75, 3.05) is 46.1 Å². The zero-order chi connectivity index (χ0) is 29.0. The van der Waals surface area contributed by atoms with E-state index in [1.54, 1.807) is 0 Å². The van der Waals surface area contributed by atoms with Crippen molar-refractivity contribution < 1.29 is 33.6 Å². The molecule has 0 saturated carbocycles. The summed E-state index contributed by atoms with van der Waals surface area (Å²) in [7, 11) is 0. The first kappa shape index (κ1) is 30.7. The van der Waals surface area contributed by atoms with Crippen molar-refractivity contribution in [3.05, 3.63) is 35.4 Å². The molecule has 8 nitrogen and oxygen atoms in total. The van der Waals surface area contributed by atoms with Gasteiger partial charge in [-0.2, -0.15) is 0 Å². The van der Waals surface area contributed by atoms with Crippen molar-refractivity contribution in [1.29, 1.82) is 0 Å². The van der Waals surface area contributed by atoms with E-state index >= 15 is 0 Å². The minimum atomic E-state index is -0.519. The minimum absolute atomic E-state index is 0.000881. The van der Waals surface area contributed by atoms with Gasteiger partial charge in [-0.3, -0.25) is 0 Å². The molecule has 1 spiro atoms. The predicted molar refractivity (Wildman–Crippen MR) is 154 cm³/mol. The number of carbonyl (C=O) groups is 1. The van der Waals surface area contributed by atoms with Gasteiger partial charge >= 0.3 is 6.09 Å². The third kappa shape index (κ3) is 7.51. The summed E-state index contributed by atoms with van der Waals surface area (Å²) in [5.74, 6) is 1.69. The summed E-state index contributed by atoms with van der Waals surface area (Å²) in [6, 6.07) is 6.00. The van der Waals surface area contributed by atoms with E-state index in [9.17, 15) is 4.79 Å². The zero-order valence-corrected chi connectivity index (χ0v) is 25.3. The molecule has 8 heteroatoms. The lowest BCUT2D eigenvalue weighted by atomic mass is 9.64. The molecule has 0 aliphatic carbocycles. The Bertz CT molecular complexity index is 1050. The number of carbonyl (C=O) groups excluding carboxylic acids is 1. The second-order valence-corrected chi connectivity index (χ2v) is 13.2. The number of nitrogens with zero attached hydrogens (tertiary/aromatic N) is 1. The quantitative estimate of drug-likeness (QED) is 0.290. The molecule has 224 valence electrons. The molecule has 3 aliphatic heterocycles. The first-order chi connectivity index (χ1) is 18.9. The highest BCUT2D eigenvalue weighted by atomic mass is 16.6. The molecular weight excluding hydrogens is 510 g/mol. The average Bonchev–Trinajstić information content (AvgIpc) is 2.87.